The molecule has 0 radical (unpaired) electrons. The summed E-state index contributed by atoms with van der Waals surface area (Å²) in [7, 11) is 3.93. The zero-order valence-electron chi connectivity index (χ0n) is 15.3. The standard InChI is InChI=1S/C20H19F3N2O3/c1-25(2)10-9-14-12-24-16-7-4-8-17(18(14)16)27-19(26)13-5-3-6-15(11-13)28-20(21,22)23/h3-8,11-12,24H,9-10H2,1-2H3. The number of benzene rings is 2. The Balaban J connectivity index is 1.85. The monoisotopic (exact) mass is 392 g/mol. The van der Waals surface area contributed by atoms with Crippen LogP contribution in [0.3, 0.4) is 0 Å². The van der Waals surface area contributed by atoms with E-state index in [0.29, 0.717) is 5.75 Å². The van der Waals surface area contributed by atoms with Gasteiger partial charge in [-0.2, -0.15) is 0 Å². The van der Waals surface area contributed by atoms with E-state index in [1.165, 1.54) is 12.1 Å². The number of fused-ring (bicyclic) bond motifs is 1. The molecule has 5 nitrogen and oxygen atoms in total. The largest absolute Gasteiger partial charge is 0.573 e. The summed E-state index contributed by atoms with van der Waals surface area (Å²) in [6.45, 7) is 0.812. The van der Waals surface area contributed by atoms with Gasteiger partial charge in [-0.05, 0) is 56.4 Å². The van der Waals surface area contributed by atoms with Crippen molar-refractivity contribution in [3.05, 3.63) is 59.8 Å². The summed E-state index contributed by atoms with van der Waals surface area (Å²) in [6, 6.07) is 10.1. The molecule has 8 heteroatoms. The Hall–Kier alpha value is -3.00. The smallest absolute Gasteiger partial charge is 0.422 e. The molecule has 1 aromatic heterocycles. The minimum atomic E-state index is -4.83. The third-order valence-corrected chi connectivity index (χ3v) is 4.08. The van der Waals surface area contributed by atoms with Crippen LogP contribution >= 0.6 is 0 Å². The van der Waals surface area contributed by atoms with E-state index in [9.17, 15) is 18.0 Å². The number of H-pyrrole nitrogens is 1. The van der Waals surface area contributed by atoms with Gasteiger partial charge < -0.3 is 19.4 Å². The van der Waals surface area contributed by atoms with Crippen molar-refractivity contribution in [3.8, 4) is 11.5 Å². The number of rotatable bonds is 6. The molecule has 0 aliphatic rings. The van der Waals surface area contributed by atoms with Crippen molar-refractivity contribution in [2.24, 2.45) is 0 Å². The van der Waals surface area contributed by atoms with Crippen LogP contribution in [0.1, 0.15) is 15.9 Å². The van der Waals surface area contributed by atoms with Crippen LogP contribution < -0.4 is 9.47 Å². The maximum Gasteiger partial charge on any atom is 0.573 e. The molecule has 2 aromatic carbocycles. The number of hydrogen-bond donors (Lipinski definition) is 1. The second kappa shape index (κ2) is 7.93. The number of ether oxygens (including phenoxy) is 2. The van der Waals surface area contributed by atoms with Gasteiger partial charge in [0, 0.05) is 23.6 Å². The van der Waals surface area contributed by atoms with Gasteiger partial charge in [-0.3, -0.25) is 0 Å². The Kier molecular flexibility index (Phi) is 5.60. The maximum absolute atomic E-state index is 12.5. The van der Waals surface area contributed by atoms with Gasteiger partial charge in [-0.1, -0.05) is 12.1 Å². The van der Waals surface area contributed by atoms with E-state index in [2.05, 4.69) is 9.72 Å². The number of carbonyl (C=O) groups is 1. The van der Waals surface area contributed by atoms with Crippen molar-refractivity contribution >= 4 is 16.9 Å². The molecular formula is C20H19F3N2O3. The van der Waals surface area contributed by atoms with Crippen molar-refractivity contribution < 1.29 is 27.4 Å². The van der Waals surface area contributed by atoms with E-state index in [1.54, 1.807) is 12.1 Å². The molecular weight excluding hydrogens is 373 g/mol. The van der Waals surface area contributed by atoms with E-state index in [-0.39, 0.29) is 5.56 Å². The molecule has 28 heavy (non-hydrogen) atoms. The molecule has 0 aliphatic heterocycles. The van der Waals surface area contributed by atoms with E-state index >= 15 is 0 Å². The first-order valence-corrected chi connectivity index (χ1v) is 8.54. The fraction of sp³-hybridized carbons (Fsp3) is 0.250. The van der Waals surface area contributed by atoms with E-state index in [1.807, 2.05) is 31.3 Å². The van der Waals surface area contributed by atoms with Crippen LogP contribution in [0.5, 0.6) is 11.5 Å². The Morgan fingerprint density at radius 2 is 1.89 bits per heavy atom. The molecule has 0 unspecified atom stereocenters. The molecule has 0 amide bonds. The first-order valence-electron chi connectivity index (χ1n) is 8.54. The molecule has 1 heterocycles. The fourth-order valence-corrected chi connectivity index (χ4v) is 2.82. The minimum absolute atomic E-state index is 0.0378. The van der Waals surface area contributed by atoms with E-state index < -0.39 is 18.1 Å². The summed E-state index contributed by atoms with van der Waals surface area (Å²) in [5, 5.41) is 0.778. The topological polar surface area (TPSA) is 54.6 Å². The highest BCUT2D eigenvalue weighted by molar-refractivity contribution is 5.96. The number of esters is 1. The Bertz CT molecular complexity index is 980. The number of hydrogen-bond acceptors (Lipinski definition) is 4. The molecule has 0 bridgehead atoms. The Morgan fingerprint density at radius 1 is 1.14 bits per heavy atom. The van der Waals surface area contributed by atoms with Crippen LogP contribution in [-0.2, 0) is 6.42 Å². The summed E-state index contributed by atoms with van der Waals surface area (Å²) in [6.07, 6.45) is -2.22. The molecule has 0 spiro atoms. The van der Waals surface area contributed by atoms with Gasteiger partial charge in [0.15, 0.2) is 0 Å². The molecule has 0 fully saturated rings. The van der Waals surface area contributed by atoms with E-state index in [0.717, 1.165) is 41.6 Å². The van der Waals surface area contributed by atoms with Crippen molar-refractivity contribution in [2.45, 2.75) is 12.8 Å². The highest BCUT2D eigenvalue weighted by atomic mass is 19.4. The van der Waals surface area contributed by atoms with Crippen LogP contribution in [0.25, 0.3) is 10.9 Å². The summed E-state index contributed by atoms with van der Waals surface area (Å²) in [5.41, 5.74) is 1.76. The number of likely N-dealkylation sites (N-methyl/N-ethyl adjacent to an activating group) is 1. The highest BCUT2D eigenvalue weighted by Crippen LogP contribution is 2.30. The molecule has 3 aromatic rings. The SMILES string of the molecule is CN(C)CCc1c[nH]c2cccc(OC(=O)c3cccc(OC(F)(F)F)c3)c12. The molecule has 0 aliphatic carbocycles. The van der Waals surface area contributed by atoms with Gasteiger partial charge in [0.2, 0.25) is 0 Å². The molecule has 0 saturated carbocycles. The van der Waals surface area contributed by atoms with Crippen LogP contribution in [0.4, 0.5) is 13.2 Å². The second-order valence-electron chi connectivity index (χ2n) is 6.51. The van der Waals surface area contributed by atoms with Crippen LogP contribution in [-0.4, -0.2) is 42.9 Å². The van der Waals surface area contributed by atoms with E-state index in [4.69, 9.17) is 4.74 Å². The summed E-state index contributed by atoms with van der Waals surface area (Å²) in [4.78, 5) is 17.7. The Labute approximate surface area is 159 Å². The average molecular weight is 392 g/mol. The molecule has 0 atom stereocenters. The van der Waals surface area contributed by atoms with Crippen molar-refractivity contribution in [2.75, 3.05) is 20.6 Å². The number of alkyl halides is 3. The third kappa shape index (κ3) is 4.83. The fourth-order valence-electron chi connectivity index (χ4n) is 2.82. The normalized spacial score (nSPS) is 11.8. The minimum Gasteiger partial charge on any atom is -0.422 e. The molecule has 1 N–H and O–H groups in total. The van der Waals surface area contributed by atoms with Gasteiger partial charge in [0.25, 0.3) is 0 Å². The lowest BCUT2D eigenvalue weighted by Crippen LogP contribution is -2.17. The number of nitrogens with zero attached hydrogens (tertiary/aromatic N) is 1. The third-order valence-electron chi connectivity index (χ3n) is 4.08. The van der Waals surface area contributed by atoms with Crippen molar-refractivity contribution in [3.63, 3.8) is 0 Å². The maximum atomic E-state index is 12.5. The molecule has 148 valence electrons. The second-order valence-corrected chi connectivity index (χ2v) is 6.51. The highest BCUT2D eigenvalue weighted by Gasteiger charge is 2.31. The zero-order valence-corrected chi connectivity index (χ0v) is 15.3. The van der Waals surface area contributed by atoms with Crippen LogP contribution in [0, 0.1) is 0 Å². The van der Waals surface area contributed by atoms with Crippen molar-refractivity contribution in [1.29, 1.82) is 0 Å². The van der Waals surface area contributed by atoms with Crippen LogP contribution in [0.2, 0.25) is 0 Å². The first kappa shape index (κ1) is 19.8. The van der Waals surface area contributed by atoms with Gasteiger partial charge in [0.05, 0.1) is 5.56 Å². The summed E-state index contributed by atoms with van der Waals surface area (Å²) < 4.78 is 46.5. The predicted molar refractivity (Wildman–Crippen MR) is 98.6 cm³/mol. The lowest BCUT2D eigenvalue weighted by molar-refractivity contribution is -0.274. The lowest BCUT2D eigenvalue weighted by atomic mass is 10.1. The van der Waals surface area contributed by atoms with Gasteiger partial charge in [0.1, 0.15) is 11.5 Å². The predicted octanol–water partition coefficient (Wildman–Crippen LogP) is 4.39. The first-order chi connectivity index (χ1) is 13.2. The summed E-state index contributed by atoms with van der Waals surface area (Å²) in [5.74, 6) is -0.895. The molecule has 0 saturated heterocycles. The van der Waals surface area contributed by atoms with Gasteiger partial charge in [-0.15, -0.1) is 13.2 Å². The number of nitrogens with one attached hydrogen (secondary N) is 1. The Morgan fingerprint density at radius 3 is 2.61 bits per heavy atom. The van der Waals surface area contributed by atoms with Gasteiger partial charge in [-0.25, -0.2) is 4.79 Å². The lowest BCUT2D eigenvalue weighted by Gasteiger charge is -2.11. The summed E-state index contributed by atoms with van der Waals surface area (Å²) >= 11 is 0. The van der Waals surface area contributed by atoms with Gasteiger partial charge >= 0.3 is 12.3 Å². The number of carbonyl (C=O) groups excluding carboxylic acids is 1. The number of halogens is 3. The number of aromatic amines is 1. The van der Waals surface area contributed by atoms with Crippen molar-refractivity contribution in [1.82, 2.24) is 9.88 Å². The quantitative estimate of drug-likeness (QED) is 0.499. The molecule has 3 rings (SSSR count). The zero-order chi connectivity index (χ0) is 20.3. The number of aromatic nitrogens is 1. The average Bonchev–Trinajstić information content (AvgIpc) is 3.03. The van der Waals surface area contributed by atoms with Crippen LogP contribution in [0.15, 0.2) is 48.7 Å².